The second kappa shape index (κ2) is 7.61. The molecule has 1 aromatic carbocycles. The molecule has 25 heavy (non-hydrogen) atoms. The van der Waals surface area contributed by atoms with Crippen LogP contribution in [0.4, 0.5) is 11.6 Å². The fourth-order valence-corrected chi connectivity index (χ4v) is 2.10. The molecule has 2 rings (SSSR count). The first-order chi connectivity index (χ1) is 11.8. The lowest BCUT2D eigenvalue weighted by Gasteiger charge is -2.15. The van der Waals surface area contributed by atoms with Crippen molar-refractivity contribution in [2.45, 2.75) is 33.8 Å². The topological polar surface area (TPSA) is 111 Å². The van der Waals surface area contributed by atoms with Gasteiger partial charge in [0.2, 0.25) is 11.8 Å². The molecule has 0 saturated carbocycles. The third-order valence-electron chi connectivity index (χ3n) is 3.32. The normalized spacial score (nSPS) is 11.5. The highest BCUT2D eigenvalue weighted by molar-refractivity contribution is 6.03. The highest BCUT2D eigenvalue weighted by Gasteiger charge is 2.22. The largest absolute Gasteiger partial charge is 0.449 e. The summed E-state index contributed by atoms with van der Waals surface area (Å²) >= 11 is 0. The smallest absolute Gasteiger partial charge is 0.341 e. The number of para-hydroxylation sites is 1. The Labute approximate surface area is 144 Å². The van der Waals surface area contributed by atoms with E-state index >= 15 is 0 Å². The van der Waals surface area contributed by atoms with E-state index in [1.165, 1.54) is 19.9 Å². The van der Waals surface area contributed by atoms with Crippen LogP contribution in [0.5, 0.6) is 0 Å². The summed E-state index contributed by atoms with van der Waals surface area (Å²) in [6.07, 6.45) is -1.07. The number of rotatable bonds is 5. The molecule has 8 heteroatoms. The predicted molar refractivity (Wildman–Crippen MR) is 90.2 cm³/mol. The van der Waals surface area contributed by atoms with Crippen molar-refractivity contribution in [2.75, 3.05) is 10.6 Å². The van der Waals surface area contributed by atoms with E-state index in [1.807, 2.05) is 0 Å². The third-order valence-corrected chi connectivity index (χ3v) is 3.32. The first kappa shape index (κ1) is 18.2. The number of amides is 2. The zero-order chi connectivity index (χ0) is 18.6. The van der Waals surface area contributed by atoms with Crippen LogP contribution in [0.25, 0.3) is 0 Å². The van der Waals surface area contributed by atoms with Crippen molar-refractivity contribution < 1.29 is 23.6 Å². The van der Waals surface area contributed by atoms with E-state index in [-0.39, 0.29) is 17.4 Å². The van der Waals surface area contributed by atoms with E-state index < -0.39 is 18.0 Å². The van der Waals surface area contributed by atoms with Crippen LogP contribution in [0.3, 0.4) is 0 Å². The van der Waals surface area contributed by atoms with Crippen LogP contribution in [0.1, 0.15) is 35.5 Å². The van der Waals surface area contributed by atoms with E-state index in [0.717, 1.165) is 0 Å². The van der Waals surface area contributed by atoms with Gasteiger partial charge in [-0.1, -0.05) is 17.3 Å². The molecule has 2 N–H and O–H groups in total. The Morgan fingerprint density at radius 3 is 2.52 bits per heavy atom. The Morgan fingerprint density at radius 2 is 1.92 bits per heavy atom. The molecule has 1 atom stereocenters. The highest BCUT2D eigenvalue weighted by atomic mass is 16.5. The molecule has 2 aromatic rings. The lowest BCUT2D eigenvalue weighted by atomic mass is 10.1. The predicted octanol–water partition coefficient (Wildman–Crippen LogP) is 2.43. The molecule has 0 aliphatic heterocycles. The summed E-state index contributed by atoms with van der Waals surface area (Å²) in [5, 5.41) is 8.72. The van der Waals surface area contributed by atoms with Crippen LogP contribution in [-0.2, 0) is 14.3 Å². The van der Waals surface area contributed by atoms with E-state index in [4.69, 9.17) is 9.26 Å². The van der Waals surface area contributed by atoms with Gasteiger partial charge in [0.05, 0.1) is 16.9 Å². The summed E-state index contributed by atoms with van der Waals surface area (Å²) in [5.74, 6) is -1.42. The molecule has 0 spiro atoms. The molecule has 132 valence electrons. The molecule has 1 heterocycles. The van der Waals surface area contributed by atoms with Gasteiger partial charge in [0.15, 0.2) is 6.10 Å². The number of anilines is 2. The van der Waals surface area contributed by atoms with Crippen LogP contribution in [-0.4, -0.2) is 29.0 Å². The first-order valence-electron chi connectivity index (χ1n) is 7.60. The molecule has 0 aliphatic carbocycles. The number of nitrogens with one attached hydrogen (secondary N) is 2. The van der Waals surface area contributed by atoms with Crippen molar-refractivity contribution >= 4 is 29.4 Å². The number of hydrogen-bond donors (Lipinski definition) is 2. The molecule has 2 amide bonds. The van der Waals surface area contributed by atoms with Crippen molar-refractivity contribution in [3.05, 3.63) is 41.1 Å². The first-order valence-corrected chi connectivity index (χ1v) is 7.60. The Hall–Kier alpha value is -3.16. The van der Waals surface area contributed by atoms with E-state index in [0.29, 0.717) is 16.9 Å². The summed E-state index contributed by atoms with van der Waals surface area (Å²) < 4.78 is 10.1. The lowest BCUT2D eigenvalue weighted by molar-refractivity contribution is -0.124. The number of carbonyl (C=O) groups is 3. The van der Waals surface area contributed by atoms with E-state index in [1.54, 1.807) is 32.0 Å². The van der Waals surface area contributed by atoms with Gasteiger partial charge < -0.3 is 14.6 Å². The van der Waals surface area contributed by atoms with Gasteiger partial charge in [0.25, 0.3) is 5.91 Å². The molecular formula is C17H19N3O5. The highest BCUT2D eigenvalue weighted by Crippen LogP contribution is 2.22. The molecule has 0 aliphatic rings. The second-order valence-electron chi connectivity index (χ2n) is 5.55. The molecular weight excluding hydrogens is 326 g/mol. The maximum absolute atomic E-state index is 12.4. The fourth-order valence-electron chi connectivity index (χ4n) is 2.10. The Kier molecular flexibility index (Phi) is 5.53. The van der Waals surface area contributed by atoms with Crippen LogP contribution in [0, 0.1) is 13.8 Å². The zero-order valence-corrected chi connectivity index (χ0v) is 14.4. The van der Waals surface area contributed by atoms with Crippen molar-refractivity contribution in [3.63, 3.8) is 0 Å². The third kappa shape index (κ3) is 4.66. The molecule has 0 bridgehead atoms. The molecule has 0 radical (unpaired) electrons. The van der Waals surface area contributed by atoms with Crippen molar-refractivity contribution in [1.29, 1.82) is 0 Å². The molecule has 0 saturated heterocycles. The van der Waals surface area contributed by atoms with Crippen molar-refractivity contribution in [3.8, 4) is 0 Å². The van der Waals surface area contributed by atoms with Gasteiger partial charge in [-0.3, -0.25) is 14.9 Å². The number of aromatic nitrogens is 1. The van der Waals surface area contributed by atoms with Crippen LogP contribution in [0.15, 0.2) is 28.8 Å². The fraction of sp³-hybridized carbons (Fsp3) is 0.294. The minimum Gasteiger partial charge on any atom is -0.449 e. The number of aryl methyl sites for hydroxylation is 2. The monoisotopic (exact) mass is 345 g/mol. The Morgan fingerprint density at radius 1 is 1.20 bits per heavy atom. The quantitative estimate of drug-likeness (QED) is 0.805. The zero-order valence-electron chi connectivity index (χ0n) is 14.4. The number of nitrogens with zero attached hydrogens (tertiary/aromatic N) is 1. The van der Waals surface area contributed by atoms with E-state index in [9.17, 15) is 14.4 Å². The average molecular weight is 345 g/mol. The minimum absolute atomic E-state index is 0.167. The number of benzene rings is 1. The summed E-state index contributed by atoms with van der Waals surface area (Å²) in [5.41, 5.74) is 1.85. The minimum atomic E-state index is -1.07. The lowest BCUT2D eigenvalue weighted by Crippen LogP contribution is -2.30. The summed E-state index contributed by atoms with van der Waals surface area (Å²) in [6.45, 7) is 6.25. The molecule has 0 fully saturated rings. The summed E-state index contributed by atoms with van der Waals surface area (Å²) in [6, 6.07) is 6.48. The van der Waals surface area contributed by atoms with Crippen LogP contribution >= 0.6 is 0 Å². The Balaban J connectivity index is 2.09. The van der Waals surface area contributed by atoms with Crippen LogP contribution < -0.4 is 10.6 Å². The van der Waals surface area contributed by atoms with Gasteiger partial charge in [0.1, 0.15) is 0 Å². The molecule has 8 nitrogen and oxygen atoms in total. The van der Waals surface area contributed by atoms with Gasteiger partial charge in [-0.25, -0.2) is 4.79 Å². The van der Waals surface area contributed by atoms with Gasteiger partial charge in [0, 0.05) is 13.0 Å². The van der Waals surface area contributed by atoms with Gasteiger partial charge in [-0.05, 0) is 32.4 Å². The Bertz CT molecular complexity index is 812. The number of esters is 1. The second-order valence-corrected chi connectivity index (χ2v) is 5.55. The van der Waals surface area contributed by atoms with Crippen LogP contribution in [0.2, 0.25) is 0 Å². The van der Waals surface area contributed by atoms with E-state index in [2.05, 4.69) is 15.8 Å². The average Bonchev–Trinajstić information content (AvgIpc) is 2.93. The van der Waals surface area contributed by atoms with Gasteiger partial charge in [-0.15, -0.1) is 0 Å². The number of ether oxygens (including phenoxy) is 1. The summed E-state index contributed by atoms with van der Waals surface area (Å²) in [4.78, 5) is 35.8. The van der Waals surface area contributed by atoms with Gasteiger partial charge >= 0.3 is 5.97 Å². The standard InChI is InChI=1S/C17H19N3O5/c1-9-6-5-7-13(15(9)18-12(4)21)17(23)24-11(3)16(22)19-14-8-10(2)20-25-14/h5-8,11H,1-4H3,(H,18,21)(H,19,22). The summed E-state index contributed by atoms with van der Waals surface area (Å²) in [7, 11) is 0. The number of hydrogen-bond acceptors (Lipinski definition) is 6. The molecule has 1 aromatic heterocycles. The van der Waals surface area contributed by atoms with Gasteiger partial charge in [-0.2, -0.15) is 0 Å². The molecule has 1 unspecified atom stereocenters. The van der Waals surface area contributed by atoms with Crippen molar-refractivity contribution in [2.24, 2.45) is 0 Å². The van der Waals surface area contributed by atoms with Crippen molar-refractivity contribution in [1.82, 2.24) is 5.16 Å². The SMILES string of the molecule is CC(=O)Nc1c(C)cccc1C(=O)OC(C)C(=O)Nc1cc(C)no1. The number of carbonyl (C=O) groups excluding carboxylic acids is 3. The maximum atomic E-state index is 12.4. The maximum Gasteiger partial charge on any atom is 0.341 e.